The van der Waals surface area contributed by atoms with Crippen LogP contribution in [0.15, 0.2) is 30.3 Å². The molecular formula is C12H17NO6. The van der Waals surface area contributed by atoms with Crippen molar-refractivity contribution in [3.63, 3.8) is 0 Å². The predicted octanol–water partition coefficient (Wildman–Crippen LogP) is -2.41. The average Bonchev–Trinajstić information content (AvgIpc) is 2.42. The summed E-state index contributed by atoms with van der Waals surface area (Å²) in [6.07, 6.45) is -4.78. The van der Waals surface area contributed by atoms with Crippen molar-refractivity contribution in [1.82, 2.24) is 0 Å². The average molecular weight is 271 g/mol. The number of benzene rings is 1. The molecule has 1 saturated heterocycles. The van der Waals surface area contributed by atoms with Gasteiger partial charge < -0.3 is 30.3 Å². The Morgan fingerprint density at radius 2 is 1.74 bits per heavy atom. The van der Waals surface area contributed by atoms with E-state index in [1.807, 2.05) is 0 Å². The van der Waals surface area contributed by atoms with E-state index in [0.717, 1.165) is 0 Å². The third kappa shape index (κ3) is 2.05. The molecular weight excluding hydrogens is 254 g/mol. The van der Waals surface area contributed by atoms with E-state index in [1.165, 1.54) is 12.1 Å². The summed E-state index contributed by atoms with van der Waals surface area (Å²) < 4.78 is 5.13. The van der Waals surface area contributed by atoms with Crippen LogP contribution in [0.1, 0.15) is 5.56 Å². The second kappa shape index (κ2) is 4.80. The zero-order chi connectivity index (χ0) is 14.3. The van der Waals surface area contributed by atoms with Gasteiger partial charge in [0.25, 0.3) is 0 Å². The Balaban J connectivity index is 2.48. The first-order valence-electron chi connectivity index (χ1n) is 5.78. The third-order valence-electron chi connectivity index (χ3n) is 3.37. The SMILES string of the molecule is N[C@@]1(O)[C@@H](O)[C@H](O)[C@@H](CO)O[C@@]1(O)c1ccccc1. The molecule has 0 aliphatic carbocycles. The normalized spacial score (nSPS) is 43.2. The van der Waals surface area contributed by atoms with E-state index in [2.05, 4.69) is 0 Å². The molecule has 0 saturated carbocycles. The lowest BCUT2D eigenvalue weighted by molar-refractivity contribution is -0.396. The summed E-state index contributed by atoms with van der Waals surface area (Å²) in [7, 11) is 0. The smallest absolute Gasteiger partial charge is 0.239 e. The molecule has 0 spiro atoms. The highest BCUT2D eigenvalue weighted by atomic mass is 16.7. The Hall–Kier alpha value is -1.06. The number of hydrogen-bond acceptors (Lipinski definition) is 7. The maximum atomic E-state index is 10.5. The van der Waals surface area contributed by atoms with Gasteiger partial charge in [-0.1, -0.05) is 30.3 Å². The lowest BCUT2D eigenvalue weighted by Crippen LogP contribution is -2.75. The zero-order valence-electron chi connectivity index (χ0n) is 10.0. The lowest BCUT2D eigenvalue weighted by atomic mass is 9.83. The maximum Gasteiger partial charge on any atom is 0.239 e. The zero-order valence-corrected chi connectivity index (χ0v) is 10.0. The number of rotatable bonds is 2. The van der Waals surface area contributed by atoms with Gasteiger partial charge in [-0.25, -0.2) is 0 Å². The second-order valence-electron chi connectivity index (χ2n) is 4.61. The minimum absolute atomic E-state index is 0.101. The summed E-state index contributed by atoms with van der Waals surface area (Å²) in [6.45, 7) is -0.649. The fraction of sp³-hybridized carbons (Fsp3) is 0.500. The first-order chi connectivity index (χ1) is 8.84. The van der Waals surface area contributed by atoms with Crippen LogP contribution in [0.4, 0.5) is 0 Å². The predicted molar refractivity (Wildman–Crippen MR) is 63.4 cm³/mol. The van der Waals surface area contributed by atoms with Crippen molar-refractivity contribution < 1.29 is 30.3 Å². The summed E-state index contributed by atoms with van der Waals surface area (Å²) >= 11 is 0. The number of ether oxygens (including phenoxy) is 1. The highest BCUT2D eigenvalue weighted by Crippen LogP contribution is 2.40. The van der Waals surface area contributed by atoms with Crippen LogP contribution in [-0.4, -0.2) is 56.2 Å². The van der Waals surface area contributed by atoms with Gasteiger partial charge in [-0.3, -0.25) is 5.73 Å². The molecule has 1 aromatic carbocycles. The molecule has 1 aromatic rings. The van der Waals surface area contributed by atoms with Crippen molar-refractivity contribution in [2.45, 2.75) is 29.8 Å². The quantitative estimate of drug-likeness (QED) is 0.330. The van der Waals surface area contributed by atoms with E-state index in [0.29, 0.717) is 0 Å². The Kier molecular flexibility index (Phi) is 3.63. The van der Waals surface area contributed by atoms with Gasteiger partial charge in [-0.2, -0.15) is 0 Å². The molecule has 7 nitrogen and oxygen atoms in total. The standard InChI is InChI=1S/C12H17NO6/c13-11(17)10(16)9(15)8(6-14)19-12(11,18)7-4-2-1-3-5-7/h1-5,8-10,14-18H,6,13H2/t8-,9-,10+,11-,12+/m1/s1. The van der Waals surface area contributed by atoms with Crippen molar-refractivity contribution in [1.29, 1.82) is 0 Å². The molecule has 1 heterocycles. The molecule has 0 amide bonds. The minimum Gasteiger partial charge on any atom is -0.394 e. The van der Waals surface area contributed by atoms with Gasteiger partial charge in [0.05, 0.1) is 6.61 Å². The van der Waals surface area contributed by atoms with Crippen LogP contribution in [0.2, 0.25) is 0 Å². The van der Waals surface area contributed by atoms with Crippen molar-refractivity contribution in [3.8, 4) is 0 Å². The first-order valence-corrected chi connectivity index (χ1v) is 5.78. The Morgan fingerprint density at radius 3 is 2.26 bits per heavy atom. The van der Waals surface area contributed by atoms with Crippen LogP contribution in [0, 0.1) is 0 Å². The van der Waals surface area contributed by atoms with Gasteiger partial charge in [0.15, 0.2) is 0 Å². The largest absolute Gasteiger partial charge is 0.394 e. The maximum absolute atomic E-state index is 10.5. The monoisotopic (exact) mass is 271 g/mol. The molecule has 0 aromatic heterocycles. The molecule has 5 atom stereocenters. The molecule has 0 radical (unpaired) electrons. The highest BCUT2D eigenvalue weighted by Gasteiger charge is 2.62. The van der Waals surface area contributed by atoms with Crippen LogP contribution in [0.5, 0.6) is 0 Å². The van der Waals surface area contributed by atoms with E-state index in [1.54, 1.807) is 18.2 Å². The van der Waals surface area contributed by atoms with Crippen molar-refractivity contribution in [2.75, 3.05) is 6.61 Å². The summed E-state index contributed by atoms with van der Waals surface area (Å²) in [5.41, 5.74) is 3.00. The molecule has 0 bridgehead atoms. The summed E-state index contributed by atoms with van der Waals surface area (Å²) in [4.78, 5) is 0. The lowest BCUT2D eigenvalue weighted by Gasteiger charge is -2.51. The molecule has 7 N–H and O–H groups in total. The van der Waals surface area contributed by atoms with Crippen LogP contribution < -0.4 is 5.73 Å². The van der Waals surface area contributed by atoms with Crippen LogP contribution >= 0.6 is 0 Å². The van der Waals surface area contributed by atoms with Crippen molar-refractivity contribution in [2.24, 2.45) is 5.73 Å². The molecule has 1 aliphatic heterocycles. The van der Waals surface area contributed by atoms with Gasteiger partial charge in [-0.15, -0.1) is 0 Å². The summed E-state index contributed by atoms with van der Waals surface area (Å²) in [5, 5.41) is 49.2. The molecule has 106 valence electrons. The third-order valence-corrected chi connectivity index (χ3v) is 3.37. The molecule has 19 heavy (non-hydrogen) atoms. The second-order valence-corrected chi connectivity index (χ2v) is 4.61. The molecule has 1 fully saturated rings. The van der Waals surface area contributed by atoms with Gasteiger partial charge in [0, 0.05) is 5.56 Å². The van der Waals surface area contributed by atoms with Crippen molar-refractivity contribution >= 4 is 0 Å². The van der Waals surface area contributed by atoms with Gasteiger partial charge in [-0.05, 0) is 0 Å². The Bertz CT molecular complexity index is 439. The fourth-order valence-corrected chi connectivity index (χ4v) is 2.16. The van der Waals surface area contributed by atoms with E-state index < -0.39 is 36.4 Å². The van der Waals surface area contributed by atoms with E-state index in [9.17, 15) is 20.4 Å². The van der Waals surface area contributed by atoms with Crippen LogP contribution in [0.3, 0.4) is 0 Å². The molecule has 1 aliphatic rings. The molecule has 7 heteroatoms. The van der Waals surface area contributed by atoms with E-state index in [4.69, 9.17) is 15.6 Å². The van der Waals surface area contributed by atoms with Crippen LogP contribution in [0.25, 0.3) is 0 Å². The van der Waals surface area contributed by atoms with E-state index >= 15 is 0 Å². The molecule has 2 rings (SSSR count). The first kappa shape index (κ1) is 14.4. The number of hydrogen-bond donors (Lipinski definition) is 6. The summed E-state index contributed by atoms with van der Waals surface area (Å²) in [5.74, 6) is -2.44. The fourth-order valence-electron chi connectivity index (χ4n) is 2.16. The van der Waals surface area contributed by atoms with Crippen LogP contribution in [-0.2, 0) is 10.5 Å². The van der Waals surface area contributed by atoms with Crippen molar-refractivity contribution in [3.05, 3.63) is 35.9 Å². The van der Waals surface area contributed by atoms with Gasteiger partial charge in [0.2, 0.25) is 11.5 Å². The van der Waals surface area contributed by atoms with E-state index in [-0.39, 0.29) is 5.56 Å². The van der Waals surface area contributed by atoms with Gasteiger partial charge in [0.1, 0.15) is 18.3 Å². The highest BCUT2D eigenvalue weighted by molar-refractivity contribution is 5.25. The number of nitrogens with two attached hydrogens (primary N) is 1. The van der Waals surface area contributed by atoms with Gasteiger partial charge >= 0.3 is 0 Å². The Labute approximate surface area is 109 Å². The summed E-state index contributed by atoms with van der Waals surface area (Å²) in [6, 6.07) is 7.73. The molecule has 0 unspecified atom stereocenters. The minimum atomic E-state index is -2.63. The number of aliphatic hydroxyl groups excluding tert-OH is 3. The Morgan fingerprint density at radius 1 is 1.16 bits per heavy atom. The topological polar surface area (TPSA) is 136 Å². The number of aliphatic hydroxyl groups is 5.